The molecule has 0 fully saturated rings. The van der Waals surface area contributed by atoms with Crippen molar-refractivity contribution >= 4 is 11.8 Å². The predicted octanol–water partition coefficient (Wildman–Crippen LogP) is 3.51. The lowest BCUT2D eigenvalue weighted by molar-refractivity contribution is -0.146. The van der Waals surface area contributed by atoms with E-state index in [2.05, 4.69) is 0 Å². The maximum Gasteiger partial charge on any atom is 0.331 e. The Hall–Kier alpha value is -2.62. The molecule has 1 aromatic heterocycles. The minimum Gasteiger partial charge on any atom is -0.469 e. The molecule has 0 bridgehead atoms. The number of esters is 1. The molecule has 0 saturated heterocycles. The van der Waals surface area contributed by atoms with Crippen molar-refractivity contribution in [1.82, 2.24) is 0 Å². The van der Waals surface area contributed by atoms with Gasteiger partial charge >= 0.3 is 5.97 Å². The number of rotatable bonds is 5. The lowest BCUT2D eigenvalue weighted by Gasteiger charge is -2.29. The summed E-state index contributed by atoms with van der Waals surface area (Å²) in [6, 6.07) is 12.6. The van der Waals surface area contributed by atoms with Gasteiger partial charge in [-0.15, -0.1) is 0 Å². The van der Waals surface area contributed by atoms with E-state index < -0.39 is 11.6 Å². The van der Waals surface area contributed by atoms with E-state index in [1.165, 1.54) is 6.08 Å². The van der Waals surface area contributed by atoms with Crippen molar-refractivity contribution < 1.29 is 18.7 Å². The maximum atomic E-state index is 12.5. The molecule has 0 radical (unpaired) electrons. The number of cyclic esters (lactones) is 1. The summed E-state index contributed by atoms with van der Waals surface area (Å²) in [4.78, 5) is 24.0. The molecule has 22 heavy (non-hydrogen) atoms. The van der Waals surface area contributed by atoms with Crippen molar-refractivity contribution in [1.29, 1.82) is 0 Å². The SMILES string of the molecule is C[C@]1([C@@H](CC(=O)c2ccccc2)c2ccco2)C=CC(=O)O1. The van der Waals surface area contributed by atoms with E-state index in [1.54, 1.807) is 43.5 Å². The number of Topliss-reactive ketones (excluding diaryl/α,β-unsaturated/α-hetero) is 1. The molecule has 1 aliphatic heterocycles. The third kappa shape index (κ3) is 2.72. The normalized spacial score (nSPS) is 21.6. The second-order valence-electron chi connectivity index (χ2n) is 5.50. The minimum atomic E-state index is -0.876. The van der Waals surface area contributed by atoms with Crippen molar-refractivity contribution in [3.63, 3.8) is 0 Å². The van der Waals surface area contributed by atoms with E-state index in [-0.39, 0.29) is 18.1 Å². The molecule has 0 amide bonds. The summed E-state index contributed by atoms with van der Waals surface area (Å²) in [5.74, 6) is -0.144. The van der Waals surface area contributed by atoms with E-state index in [1.807, 2.05) is 18.2 Å². The Morgan fingerprint density at radius 2 is 1.95 bits per heavy atom. The Balaban J connectivity index is 1.89. The summed E-state index contributed by atoms with van der Waals surface area (Å²) < 4.78 is 10.9. The van der Waals surface area contributed by atoms with Gasteiger partial charge < -0.3 is 9.15 Å². The van der Waals surface area contributed by atoms with Gasteiger partial charge in [0, 0.05) is 18.1 Å². The van der Waals surface area contributed by atoms with Crippen molar-refractivity contribution in [2.24, 2.45) is 0 Å². The Morgan fingerprint density at radius 1 is 1.18 bits per heavy atom. The third-order valence-corrected chi connectivity index (χ3v) is 3.93. The van der Waals surface area contributed by atoms with Gasteiger partial charge in [-0.2, -0.15) is 0 Å². The first-order valence-electron chi connectivity index (χ1n) is 7.12. The zero-order valence-electron chi connectivity index (χ0n) is 12.2. The second kappa shape index (κ2) is 5.64. The quantitative estimate of drug-likeness (QED) is 0.626. The summed E-state index contributed by atoms with van der Waals surface area (Å²) in [5, 5.41) is 0. The lowest BCUT2D eigenvalue weighted by Crippen LogP contribution is -2.33. The fraction of sp³-hybridized carbons (Fsp3) is 0.222. The van der Waals surface area contributed by atoms with E-state index >= 15 is 0 Å². The molecule has 0 saturated carbocycles. The van der Waals surface area contributed by atoms with Gasteiger partial charge in [-0.1, -0.05) is 30.3 Å². The highest BCUT2D eigenvalue weighted by Crippen LogP contribution is 2.39. The Kier molecular flexibility index (Phi) is 3.67. The monoisotopic (exact) mass is 296 g/mol. The molecule has 0 N–H and O–H groups in total. The number of ether oxygens (including phenoxy) is 1. The molecule has 4 heteroatoms. The smallest absolute Gasteiger partial charge is 0.331 e. The van der Waals surface area contributed by atoms with E-state index in [4.69, 9.17) is 9.15 Å². The highest BCUT2D eigenvalue weighted by molar-refractivity contribution is 5.96. The largest absolute Gasteiger partial charge is 0.469 e. The molecule has 1 aromatic carbocycles. The van der Waals surface area contributed by atoms with Crippen molar-refractivity contribution in [2.75, 3.05) is 0 Å². The van der Waals surface area contributed by atoms with E-state index in [9.17, 15) is 9.59 Å². The molecular weight excluding hydrogens is 280 g/mol. The minimum absolute atomic E-state index is 0.0143. The number of hydrogen-bond donors (Lipinski definition) is 0. The molecule has 0 spiro atoms. The van der Waals surface area contributed by atoms with Crippen molar-refractivity contribution in [3.05, 3.63) is 72.2 Å². The molecule has 1 aliphatic rings. The van der Waals surface area contributed by atoms with Crippen LogP contribution < -0.4 is 0 Å². The average Bonchev–Trinajstić information content (AvgIpc) is 3.16. The average molecular weight is 296 g/mol. The van der Waals surface area contributed by atoms with Crippen LogP contribution >= 0.6 is 0 Å². The van der Waals surface area contributed by atoms with E-state index in [0.717, 1.165) is 0 Å². The number of hydrogen-bond acceptors (Lipinski definition) is 4. The topological polar surface area (TPSA) is 56.5 Å². The fourth-order valence-corrected chi connectivity index (χ4v) is 2.71. The maximum absolute atomic E-state index is 12.5. The van der Waals surface area contributed by atoms with Crippen LogP contribution in [0.15, 0.2) is 65.3 Å². The van der Waals surface area contributed by atoms with Crippen LogP contribution in [0.4, 0.5) is 0 Å². The van der Waals surface area contributed by atoms with Crippen LogP contribution in [-0.4, -0.2) is 17.4 Å². The summed E-state index contributed by atoms with van der Waals surface area (Å²) in [5.41, 5.74) is -0.240. The Morgan fingerprint density at radius 3 is 2.55 bits per heavy atom. The second-order valence-corrected chi connectivity index (χ2v) is 5.50. The standard InChI is InChI=1S/C18H16O4/c1-18(10-9-17(20)22-18)14(16-8-5-11-21-16)12-15(19)13-6-3-2-4-7-13/h2-11,14H,12H2,1H3/t14-,18+/m0/s1. The van der Waals surface area contributed by atoms with Crippen LogP contribution in [-0.2, 0) is 9.53 Å². The van der Waals surface area contributed by atoms with Crippen LogP contribution in [0.3, 0.4) is 0 Å². The number of ketones is 1. The zero-order valence-corrected chi connectivity index (χ0v) is 12.2. The Labute approximate surface area is 128 Å². The number of furan rings is 1. The van der Waals surface area contributed by atoms with Crippen LogP contribution in [0.2, 0.25) is 0 Å². The summed E-state index contributed by atoms with van der Waals surface area (Å²) in [7, 11) is 0. The van der Waals surface area contributed by atoms with Crippen molar-refractivity contribution in [3.8, 4) is 0 Å². The van der Waals surface area contributed by atoms with Gasteiger partial charge in [0.2, 0.25) is 0 Å². The highest BCUT2D eigenvalue weighted by Gasteiger charge is 2.42. The van der Waals surface area contributed by atoms with Gasteiger partial charge in [0.25, 0.3) is 0 Å². The molecule has 2 aromatic rings. The first kappa shape index (κ1) is 14.3. The highest BCUT2D eigenvalue weighted by atomic mass is 16.6. The summed E-state index contributed by atoms with van der Waals surface area (Å²) in [6.45, 7) is 1.79. The number of benzene rings is 1. The van der Waals surface area contributed by atoms with Gasteiger partial charge in [-0.05, 0) is 25.1 Å². The van der Waals surface area contributed by atoms with Gasteiger partial charge in [-0.25, -0.2) is 4.79 Å². The predicted molar refractivity (Wildman–Crippen MR) is 80.5 cm³/mol. The van der Waals surface area contributed by atoms with Crippen molar-refractivity contribution in [2.45, 2.75) is 24.9 Å². The molecule has 2 heterocycles. The number of carbonyl (C=O) groups excluding carboxylic acids is 2. The molecule has 3 rings (SSSR count). The van der Waals surface area contributed by atoms with Gasteiger partial charge in [0.15, 0.2) is 5.78 Å². The van der Waals surface area contributed by atoms with Crippen LogP contribution in [0, 0.1) is 0 Å². The molecular formula is C18H16O4. The molecule has 0 aliphatic carbocycles. The molecule has 0 unspecified atom stereocenters. The third-order valence-electron chi connectivity index (χ3n) is 3.93. The molecule has 112 valence electrons. The van der Waals surface area contributed by atoms with Gasteiger partial charge in [0.1, 0.15) is 11.4 Å². The summed E-state index contributed by atoms with van der Waals surface area (Å²) in [6.07, 6.45) is 4.84. The zero-order chi connectivity index (χ0) is 15.6. The lowest BCUT2D eigenvalue weighted by atomic mass is 9.82. The first-order chi connectivity index (χ1) is 10.6. The van der Waals surface area contributed by atoms with Crippen LogP contribution in [0.1, 0.15) is 35.4 Å². The van der Waals surface area contributed by atoms with Crippen LogP contribution in [0.25, 0.3) is 0 Å². The summed E-state index contributed by atoms with van der Waals surface area (Å²) >= 11 is 0. The van der Waals surface area contributed by atoms with Crippen LogP contribution in [0.5, 0.6) is 0 Å². The molecule has 2 atom stereocenters. The van der Waals surface area contributed by atoms with Gasteiger partial charge in [-0.3, -0.25) is 4.79 Å². The first-order valence-corrected chi connectivity index (χ1v) is 7.12. The Bertz CT molecular complexity index is 700. The number of carbonyl (C=O) groups is 2. The fourth-order valence-electron chi connectivity index (χ4n) is 2.71. The molecule has 4 nitrogen and oxygen atoms in total. The van der Waals surface area contributed by atoms with Gasteiger partial charge in [0.05, 0.1) is 12.2 Å². The van der Waals surface area contributed by atoms with E-state index in [0.29, 0.717) is 11.3 Å².